The van der Waals surface area contributed by atoms with E-state index in [1.54, 1.807) is 25.3 Å². The maximum absolute atomic E-state index is 12.2. The lowest BCUT2D eigenvalue weighted by Gasteiger charge is -2.31. The van der Waals surface area contributed by atoms with Gasteiger partial charge in [-0.15, -0.1) is 0 Å². The summed E-state index contributed by atoms with van der Waals surface area (Å²) in [6.07, 6.45) is 2.76. The van der Waals surface area contributed by atoms with Gasteiger partial charge < -0.3 is 20.1 Å². The van der Waals surface area contributed by atoms with Crippen molar-refractivity contribution in [1.29, 1.82) is 0 Å². The summed E-state index contributed by atoms with van der Waals surface area (Å²) in [6.45, 7) is 2.33. The van der Waals surface area contributed by atoms with E-state index in [1.807, 2.05) is 0 Å². The Morgan fingerprint density at radius 3 is 3.00 bits per heavy atom. The normalized spacial score (nSPS) is 21.1. The van der Waals surface area contributed by atoms with Crippen molar-refractivity contribution in [2.24, 2.45) is 0 Å². The Hall–Kier alpha value is -2.31. The molecule has 2 amide bonds. The Bertz CT molecular complexity index is 549. The van der Waals surface area contributed by atoms with Gasteiger partial charge in [-0.1, -0.05) is 0 Å². The number of urea groups is 1. The number of carboxylic acids is 1. The first kappa shape index (κ1) is 15.1. The molecule has 1 aliphatic rings. The number of likely N-dealkylation sites (tertiary alicyclic amines) is 1. The molecule has 0 aliphatic carbocycles. The van der Waals surface area contributed by atoms with Crippen molar-refractivity contribution in [2.45, 2.75) is 31.8 Å². The summed E-state index contributed by atoms with van der Waals surface area (Å²) in [4.78, 5) is 28.9. The van der Waals surface area contributed by atoms with Crippen LogP contribution in [0.5, 0.6) is 5.88 Å². The summed E-state index contributed by atoms with van der Waals surface area (Å²) in [6, 6.07) is 3.12. The minimum Gasteiger partial charge on any atom is -0.481 e. The molecule has 1 aromatic rings. The Morgan fingerprint density at radius 2 is 2.33 bits per heavy atom. The van der Waals surface area contributed by atoms with Gasteiger partial charge in [0.25, 0.3) is 0 Å². The van der Waals surface area contributed by atoms with Gasteiger partial charge in [-0.2, -0.15) is 0 Å². The van der Waals surface area contributed by atoms with E-state index in [1.165, 1.54) is 12.0 Å². The van der Waals surface area contributed by atoms with Crippen LogP contribution >= 0.6 is 0 Å². The maximum atomic E-state index is 12.2. The summed E-state index contributed by atoms with van der Waals surface area (Å²) in [5.74, 6) is -0.501. The van der Waals surface area contributed by atoms with Gasteiger partial charge in [0.1, 0.15) is 5.54 Å². The van der Waals surface area contributed by atoms with Crippen LogP contribution in [-0.2, 0) is 11.3 Å². The molecule has 2 N–H and O–H groups in total. The van der Waals surface area contributed by atoms with E-state index in [2.05, 4.69) is 10.3 Å². The van der Waals surface area contributed by atoms with Gasteiger partial charge in [0.05, 0.1) is 7.11 Å². The second kappa shape index (κ2) is 5.99. The van der Waals surface area contributed by atoms with Crippen LogP contribution in [0.1, 0.15) is 25.3 Å². The Morgan fingerprint density at radius 1 is 1.57 bits per heavy atom. The summed E-state index contributed by atoms with van der Waals surface area (Å²) in [5.41, 5.74) is -0.286. The van der Waals surface area contributed by atoms with Gasteiger partial charge in [0.2, 0.25) is 5.88 Å². The molecule has 7 nitrogen and oxygen atoms in total. The lowest BCUT2D eigenvalue weighted by atomic mass is 10.00. The number of hydrogen-bond acceptors (Lipinski definition) is 4. The van der Waals surface area contributed by atoms with Crippen molar-refractivity contribution in [1.82, 2.24) is 15.2 Å². The van der Waals surface area contributed by atoms with Gasteiger partial charge >= 0.3 is 12.0 Å². The molecule has 0 radical (unpaired) electrons. The number of methoxy groups -OCH3 is 1. The van der Waals surface area contributed by atoms with E-state index in [9.17, 15) is 14.7 Å². The third kappa shape index (κ3) is 3.07. The first-order valence-electron chi connectivity index (χ1n) is 6.75. The number of carbonyl (C=O) groups excluding carboxylic acids is 1. The fraction of sp³-hybridized carbons (Fsp3) is 0.500. The zero-order valence-electron chi connectivity index (χ0n) is 12.1. The van der Waals surface area contributed by atoms with Crippen LogP contribution in [0.25, 0.3) is 0 Å². The summed E-state index contributed by atoms with van der Waals surface area (Å²) >= 11 is 0. The maximum Gasteiger partial charge on any atom is 0.329 e. The molecular weight excluding hydrogens is 274 g/mol. The molecule has 1 aromatic heterocycles. The van der Waals surface area contributed by atoms with Crippen molar-refractivity contribution in [2.75, 3.05) is 13.7 Å². The number of aliphatic carboxylic acids is 1. The molecule has 21 heavy (non-hydrogen) atoms. The van der Waals surface area contributed by atoms with Crippen LogP contribution in [0.3, 0.4) is 0 Å². The summed E-state index contributed by atoms with van der Waals surface area (Å²) < 4.78 is 5.01. The predicted octanol–water partition coefficient (Wildman–Crippen LogP) is 1.24. The van der Waals surface area contributed by atoms with E-state index < -0.39 is 11.5 Å². The van der Waals surface area contributed by atoms with Crippen molar-refractivity contribution in [3.63, 3.8) is 0 Å². The smallest absolute Gasteiger partial charge is 0.329 e. The van der Waals surface area contributed by atoms with E-state index in [4.69, 9.17) is 4.74 Å². The van der Waals surface area contributed by atoms with Crippen molar-refractivity contribution < 1.29 is 19.4 Å². The monoisotopic (exact) mass is 293 g/mol. The van der Waals surface area contributed by atoms with Crippen molar-refractivity contribution >= 4 is 12.0 Å². The van der Waals surface area contributed by atoms with Gasteiger partial charge in [-0.3, -0.25) is 0 Å². The fourth-order valence-electron chi connectivity index (χ4n) is 2.46. The number of carboxylic acid groups (broad SMARTS) is 1. The topological polar surface area (TPSA) is 91.8 Å². The first-order valence-corrected chi connectivity index (χ1v) is 6.75. The van der Waals surface area contributed by atoms with Gasteiger partial charge in [0.15, 0.2) is 0 Å². The van der Waals surface area contributed by atoms with Crippen LogP contribution in [0, 0.1) is 0 Å². The highest BCUT2D eigenvalue weighted by molar-refractivity contribution is 5.86. The highest BCUT2D eigenvalue weighted by Crippen LogP contribution is 2.29. The molecule has 0 saturated carbocycles. The molecule has 1 unspecified atom stereocenters. The van der Waals surface area contributed by atoms with Crippen LogP contribution < -0.4 is 10.1 Å². The van der Waals surface area contributed by atoms with E-state index in [0.29, 0.717) is 31.8 Å². The number of nitrogens with zero attached hydrogens (tertiary/aromatic N) is 2. The van der Waals surface area contributed by atoms with E-state index >= 15 is 0 Å². The minimum atomic E-state index is -1.12. The van der Waals surface area contributed by atoms with Crippen LogP contribution in [0.4, 0.5) is 4.79 Å². The number of nitrogens with one attached hydrogen (secondary N) is 1. The Kier molecular flexibility index (Phi) is 4.30. The number of pyridine rings is 1. The van der Waals surface area contributed by atoms with Crippen LogP contribution in [0.2, 0.25) is 0 Å². The number of hydrogen-bond donors (Lipinski definition) is 2. The van der Waals surface area contributed by atoms with Gasteiger partial charge in [-0.05, 0) is 31.4 Å². The number of carbonyl (C=O) groups is 2. The van der Waals surface area contributed by atoms with Gasteiger partial charge in [0, 0.05) is 25.4 Å². The standard InChI is InChI=1S/C14H19N3O4/c1-14(12(18)19)5-3-7-17(14)13(20)16-9-10-4-6-15-11(8-10)21-2/h4,6,8H,3,5,7,9H2,1-2H3,(H,16,20)(H,18,19). The van der Waals surface area contributed by atoms with Crippen molar-refractivity contribution in [3.8, 4) is 5.88 Å². The third-order valence-electron chi connectivity index (χ3n) is 3.80. The largest absolute Gasteiger partial charge is 0.481 e. The lowest BCUT2D eigenvalue weighted by Crippen LogP contribution is -2.53. The van der Waals surface area contributed by atoms with E-state index in [0.717, 1.165) is 5.56 Å². The van der Waals surface area contributed by atoms with Crippen LogP contribution in [-0.4, -0.2) is 46.2 Å². The first-order chi connectivity index (χ1) is 9.97. The average molecular weight is 293 g/mol. The molecule has 0 bridgehead atoms. The molecule has 0 aromatic carbocycles. The Labute approximate surface area is 122 Å². The second-order valence-corrected chi connectivity index (χ2v) is 5.20. The molecule has 0 spiro atoms. The fourth-order valence-corrected chi connectivity index (χ4v) is 2.46. The SMILES string of the molecule is COc1cc(CNC(=O)N2CCCC2(C)C(=O)O)ccn1. The molecule has 1 saturated heterocycles. The Balaban J connectivity index is 2.00. The quantitative estimate of drug-likeness (QED) is 0.871. The molecule has 114 valence electrons. The zero-order valence-corrected chi connectivity index (χ0v) is 12.1. The zero-order chi connectivity index (χ0) is 15.5. The molecule has 2 rings (SSSR count). The van der Waals surface area contributed by atoms with Crippen LogP contribution in [0.15, 0.2) is 18.3 Å². The molecule has 1 fully saturated rings. The highest BCUT2D eigenvalue weighted by atomic mass is 16.5. The molecule has 7 heteroatoms. The number of aromatic nitrogens is 1. The van der Waals surface area contributed by atoms with Crippen molar-refractivity contribution in [3.05, 3.63) is 23.9 Å². The second-order valence-electron chi connectivity index (χ2n) is 5.20. The third-order valence-corrected chi connectivity index (χ3v) is 3.80. The van der Waals surface area contributed by atoms with Gasteiger partial charge in [-0.25, -0.2) is 14.6 Å². The molecular formula is C14H19N3O4. The average Bonchev–Trinajstić information content (AvgIpc) is 2.88. The predicted molar refractivity (Wildman–Crippen MR) is 75.0 cm³/mol. The summed E-state index contributed by atoms with van der Waals surface area (Å²) in [5, 5.41) is 12.0. The molecule has 1 atom stereocenters. The molecule has 1 aliphatic heterocycles. The summed E-state index contributed by atoms with van der Waals surface area (Å²) in [7, 11) is 1.52. The molecule has 2 heterocycles. The highest BCUT2D eigenvalue weighted by Gasteiger charge is 2.45. The lowest BCUT2D eigenvalue weighted by molar-refractivity contribution is -0.147. The number of ether oxygens (including phenoxy) is 1. The van der Waals surface area contributed by atoms with E-state index in [-0.39, 0.29) is 6.03 Å². The number of amides is 2. The number of rotatable bonds is 4. The minimum absolute atomic E-state index is 0.296.